The van der Waals surface area contributed by atoms with Crippen LogP contribution in [0, 0.1) is 5.92 Å². The molecule has 0 saturated heterocycles. The van der Waals surface area contributed by atoms with Crippen LogP contribution in [0.2, 0.25) is 4.34 Å². The van der Waals surface area contributed by atoms with Crippen molar-refractivity contribution in [2.24, 2.45) is 5.92 Å². The van der Waals surface area contributed by atoms with Crippen LogP contribution in [0.25, 0.3) is 0 Å². The lowest BCUT2D eigenvalue weighted by atomic mass is 9.72. The van der Waals surface area contributed by atoms with Gasteiger partial charge in [-0.2, -0.15) is 0 Å². The van der Waals surface area contributed by atoms with E-state index in [0.717, 1.165) is 22.1 Å². The lowest BCUT2D eigenvalue weighted by molar-refractivity contribution is -0.0433. The van der Waals surface area contributed by atoms with Crippen LogP contribution in [0.1, 0.15) is 43.6 Å². The highest BCUT2D eigenvalue weighted by Crippen LogP contribution is 2.45. The Bertz CT molecular complexity index is 406. The van der Waals surface area contributed by atoms with Gasteiger partial charge < -0.3 is 10.0 Å². The van der Waals surface area contributed by atoms with Crippen molar-refractivity contribution < 1.29 is 5.11 Å². The summed E-state index contributed by atoms with van der Waals surface area (Å²) in [6.45, 7) is 2.28. The molecule has 1 N–H and O–H groups in total. The zero-order valence-corrected chi connectivity index (χ0v) is 12.9. The third kappa shape index (κ3) is 2.60. The Labute approximate surface area is 119 Å². The van der Waals surface area contributed by atoms with Crippen LogP contribution < -0.4 is 0 Å². The van der Waals surface area contributed by atoms with Crippen LogP contribution in [0.5, 0.6) is 0 Å². The van der Waals surface area contributed by atoms with Gasteiger partial charge in [-0.15, -0.1) is 11.3 Å². The Morgan fingerprint density at radius 2 is 2.22 bits per heavy atom. The molecule has 0 radical (unpaired) electrons. The molecule has 1 saturated carbocycles. The highest BCUT2D eigenvalue weighted by molar-refractivity contribution is 7.16. The van der Waals surface area contributed by atoms with E-state index in [1.54, 1.807) is 0 Å². The number of thiophene rings is 1. The monoisotopic (exact) mass is 287 g/mol. The predicted octanol–water partition coefficient (Wildman–Crippen LogP) is 3.95. The van der Waals surface area contributed by atoms with Crippen molar-refractivity contribution in [3.63, 3.8) is 0 Å². The Morgan fingerprint density at radius 1 is 1.50 bits per heavy atom. The second-order valence-electron chi connectivity index (χ2n) is 5.74. The minimum absolute atomic E-state index is 0.133. The van der Waals surface area contributed by atoms with Gasteiger partial charge in [-0.3, -0.25) is 0 Å². The number of aliphatic hydroxyl groups excluding tert-OH is 1. The first-order chi connectivity index (χ1) is 8.45. The third-order valence-electron chi connectivity index (χ3n) is 4.27. The second kappa shape index (κ2) is 5.49. The van der Waals surface area contributed by atoms with Gasteiger partial charge in [0.15, 0.2) is 0 Å². The third-order valence-corrected chi connectivity index (χ3v) is 5.56. The van der Waals surface area contributed by atoms with Gasteiger partial charge in [-0.1, -0.05) is 31.4 Å². The highest BCUT2D eigenvalue weighted by Gasteiger charge is 2.44. The van der Waals surface area contributed by atoms with E-state index >= 15 is 0 Å². The van der Waals surface area contributed by atoms with Crippen molar-refractivity contribution >= 4 is 22.9 Å². The molecule has 1 aromatic heterocycles. The first-order valence-electron chi connectivity index (χ1n) is 6.56. The summed E-state index contributed by atoms with van der Waals surface area (Å²) in [4.78, 5) is 3.20. The fraction of sp³-hybridized carbons (Fsp3) is 0.714. The second-order valence-corrected chi connectivity index (χ2v) is 7.49. The molecule has 18 heavy (non-hydrogen) atoms. The van der Waals surface area contributed by atoms with E-state index < -0.39 is 6.10 Å². The SMILES string of the molecule is CC1CCCC(C(O)c2ccc(Cl)s2)(N(C)C)C1. The summed E-state index contributed by atoms with van der Waals surface area (Å²) in [5.41, 5.74) is -0.133. The smallest absolute Gasteiger partial charge is 0.106 e. The topological polar surface area (TPSA) is 23.5 Å². The van der Waals surface area contributed by atoms with Crippen molar-refractivity contribution in [1.29, 1.82) is 0 Å². The van der Waals surface area contributed by atoms with Crippen molar-refractivity contribution in [1.82, 2.24) is 4.90 Å². The van der Waals surface area contributed by atoms with E-state index in [-0.39, 0.29) is 5.54 Å². The molecule has 0 bridgehead atoms. The van der Waals surface area contributed by atoms with Crippen LogP contribution in [0.3, 0.4) is 0 Å². The van der Waals surface area contributed by atoms with E-state index in [2.05, 4.69) is 25.9 Å². The van der Waals surface area contributed by atoms with Crippen molar-refractivity contribution in [3.8, 4) is 0 Å². The maximum Gasteiger partial charge on any atom is 0.106 e. The molecule has 0 spiro atoms. The molecule has 1 aliphatic rings. The Morgan fingerprint density at radius 3 is 2.72 bits per heavy atom. The molecule has 3 atom stereocenters. The number of aliphatic hydroxyl groups is 1. The normalized spacial score (nSPS) is 30.7. The molecule has 3 unspecified atom stereocenters. The van der Waals surface area contributed by atoms with E-state index in [4.69, 9.17) is 11.6 Å². The number of rotatable bonds is 3. The van der Waals surface area contributed by atoms with Gasteiger partial charge in [0, 0.05) is 4.88 Å². The van der Waals surface area contributed by atoms with Crippen LogP contribution in [-0.4, -0.2) is 29.6 Å². The number of nitrogens with zero attached hydrogens (tertiary/aromatic N) is 1. The van der Waals surface area contributed by atoms with Crippen molar-refractivity contribution in [2.75, 3.05) is 14.1 Å². The molecule has 1 heterocycles. The standard InChI is InChI=1S/C14H22ClNOS/c1-10-5-4-8-14(9-10,16(2)3)13(17)11-6-7-12(15)18-11/h6-7,10,13,17H,4-5,8-9H2,1-3H3. The molecule has 0 aromatic carbocycles. The Kier molecular flexibility index (Phi) is 4.37. The lowest BCUT2D eigenvalue weighted by Gasteiger charge is -2.48. The summed E-state index contributed by atoms with van der Waals surface area (Å²) in [6, 6.07) is 3.84. The largest absolute Gasteiger partial charge is 0.386 e. The number of halogens is 1. The first-order valence-corrected chi connectivity index (χ1v) is 7.76. The van der Waals surface area contributed by atoms with Gasteiger partial charge in [-0.25, -0.2) is 0 Å². The van der Waals surface area contributed by atoms with E-state index in [0.29, 0.717) is 5.92 Å². The fourth-order valence-electron chi connectivity index (χ4n) is 3.20. The van der Waals surface area contributed by atoms with Gasteiger partial charge in [-0.05, 0) is 45.0 Å². The van der Waals surface area contributed by atoms with Crippen LogP contribution in [0.4, 0.5) is 0 Å². The summed E-state index contributed by atoms with van der Waals surface area (Å²) >= 11 is 7.49. The molecule has 1 aliphatic carbocycles. The zero-order chi connectivity index (χ0) is 13.3. The van der Waals surface area contributed by atoms with E-state index in [1.807, 2.05) is 12.1 Å². The predicted molar refractivity (Wildman–Crippen MR) is 78.3 cm³/mol. The molecule has 0 amide bonds. The van der Waals surface area contributed by atoms with Gasteiger partial charge in [0.1, 0.15) is 6.10 Å². The summed E-state index contributed by atoms with van der Waals surface area (Å²) in [6.07, 6.45) is 4.13. The van der Waals surface area contributed by atoms with Gasteiger partial charge in [0.05, 0.1) is 9.88 Å². The minimum Gasteiger partial charge on any atom is -0.386 e. The molecule has 4 heteroatoms. The quantitative estimate of drug-likeness (QED) is 0.910. The molecule has 1 fully saturated rings. The first kappa shape index (κ1) is 14.3. The maximum atomic E-state index is 10.8. The lowest BCUT2D eigenvalue weighted by Crippen LogP contribution is -2.51. The highest BCUT2D eigenvalue weighted by atomic mass is 35.5. The molecule has 1 aromatic rings. The van der Waals surface area contributed by atoms with Gasteiger partial charge >= 0.3 is 0 Å². The van der Waals surface area contributed by atoms with Crippen molar-refractivity contribution in [2.45, 2.75) is 44.2 Å². The average Bonchev–Trinajstić information content (AvgIpc) is 2.74. The molecule has 2 nitrogen and oxygen atoms in total. The Hall–Kier alpha value is -0.0900. The molecule has 102 valence electrons. The number of hydrogen-bond acceptors (Lipinski definition) is 3. The van der Waals surface area contributed by atoms with E-state index in [9.17, 15) is 5.11 Å². The molecule has 0 aliphatic heterocycles. The minimum atomic E-state index is -0.437. The van der Waals surface area contributed by atoms with Crippen LogP contribution in [0.15, 0.2) is 12.1 Å². The maximum absolute atomic E-state index is 10.8. The number of likely N-dealkylation sites (N-methyl/N-ethyl adjacent to an activating group) is 1. The summed E-state index contributed by atoms with van der Waals surface area (Å²) in [5, 5.41) is 10.8. The molecular formula is C14H22ClNOS. The van der Waals surface area contributed by atoms with E-state index in [1.165, 1.54) is 24.2 Å². The summed E-state index contributed by atoms with van der Waals surface area (Å²) in [7, 11) is 4.16. The summed E-state index contributed by atoms with van der Waals surface area (Å²) in [5.74, 6) is 0.672. The van der Waals surface area contributed by atoms with Crippen LogP contribution >= 0.6 is 22.9 Å². The summed E-state index contributed by atoms with van der Waals surface area (Å²) < 4.78 is 0.752. The molecular weight excluding hydrogens is 266 g/mol. The molecule has 2 rings (SSSR count). The average molecular weight is 288 g/mol. The fourth-order valence-corrected chi connectivity index (χ4v) is 4.36. The zero-order valence-electron chi connectivity index (χ0n) is 11.3. The number of hydrogen-bond donors (Lipinski definition) is 1. The van der Waals surface area contributed by atoms with Gasteiger partial charge in [0.2, 0.25) is 0 Å². The van der Waals surface area contributed by atoms with Crippen molar-refractivity contribution in [3.05, 3.63) is 21.3 Å². The Balaban J connectivity index is 2.29. The van der Waals surface area contributed by atoms with Gasteiger partial charge in [0.25, 0.3) is 0 Å². The van der Waals surface area contributed by atoms with Crippen LogP contribution in [-0.2, 0) is 0 Å².